The van der Waals surface area contributed by atoms with Crippen molar-refractivity contribution in [2.45, 2.75) is 255 Å². The molecule has 1 unspecified atom stereocenters. The van der Waals surface area contributed by atoms with E-state index in [0.29, 0.717) is 24.0 Å². The topological polar surface area (TPSA) is 674 Å². The van der Waals surface area contributed by atoms with Crippen LogP contribution in [0.15, 0.2) is 58.5 Å². The smallest absolute Gasteiger partial charge is 0.326 e. The molecule has 3 aliphatic rings. The van der Waals surface area contributed by atoms with Crippen molar-refractivity contribution in [2.75, 3.05) is 32.7 Å². The molecule has 14 amide bonds. The zero-order valence-corrected chi connectivity index (χ0v) is 68.3. The molecular formula is C78H121N21O20. The van der Waals surface area contributed by atoms with E-state index in [1.807, 2.05) is 0 Å². The second-order valence-corrected chi connectivity index (χ2v) is 31.1. The number of phenols is 2. The number of carboxylic acids is 2. The number of nitrogens with zero attached hydrogens (tertiary/aromatic N) is 4. The Hall–Kier alpha value is -11.9. The van der Waals surface area contributed by atoms with Crippen molar-refractivity contribution >= 4 is 107 Å². The van der Waals surface area contributed by atoms with Crippen molar-refractivity contribution in [3.8, 4) is 11.5 Å². The summed E-state index contributed by atoms with van der Waals surface area (Å²) >= 11 is 0. The molecule has 3 heterocycles. The standard InChI is InChI=1S/C78H121N21O20/c1-7-43(6)63(73(115)96-57(76(118)119)37-42(4)5)97-70(112)55(39-45-21-25-47(101)26-22-45)95-72(114)59-18-13-35-99(59)75(117)52(16-11-33-86-78(83)84)90-64(106)48(15-10-32-85-77(81)82)89-71(113)58-17-12-34-98(58)74(116)51(14-8-9-31-79)91-69(111)56(40-60(80)102)94-66(108)50(28-30-62(104)105)88-68(110)54(38-44-19-23-46(100)24-20-44)93-67(109)53(36-41(2)3)92-65(107)49-27-29-61(103)87-49/h19-26,41-43,48-59,63,100-101H,7-18,27-40,79H2,1-6H3,(H2,80,102)(H,87,103)(H,88,110)(H,89,113)(H,90,106)(H,91,111)(H,92,107)(H,93,109)(H,94,108)(H,95,114)(H,96,115)(H,97,112)(H,104,105)(H,118,119)(H4,81,82,85)(H4,83,84,86)/t43-,48-,49-,50-,51-,52-,53-,54-,55-,56?,57-,58-,59-,63-/m0/s1. The van der Waals surface area contributed by atoms with Crippen molar-refractivity contribution in [3.05, 3.63) is 59.7 Å². The van der Waals surface area contributed by atoms with Gasteiger partial charge in [0.15, 0.2) is 11.9 Å². The fourth-order valence-electron chi connectivity index (χ4n) is 14.0. The quantitative estimate of drug-likeness (QED) is 0.0172. The minimum atomic E-state index is -1.93. The maximum absolute atomic E-state index is 15.1. The zero-order chi connectivity index (χ0) is 88.3. The normalized spacial score (nSPS) is 17.8. The number of rotatable bonds is 50. The van der Waals surface area contributed by atoms with Gasteiger partial charge >= 0.3 is 11.9 Å². The average molecular weight is 1670 g/mol. The first kappa shape index (κ1) is 97.6. The molecule has 3 saturated heterocycles. The van der Waals surface area contributed by atoms with Crippen LogP contribution in [0.5, 0.6) is 11.5 Å². The summed E-state index contributed by atoms with van der Waals surface area (Å²) in [4.78, 5) is 234. The number of amides is 14. The van der Waals surface area contributed by atoms with Gasteiger partial charge in [-0.05, 0) is 156 Å². The number of carbonyl (C=O) groups excluding carboxylic acids is 14. The van der Waals surface area contributed by atoms with E-state index in [0.717, 1.165) is 4.90 Å². The first-order valence-electron chi connectivity index (χ1n) is 40.3. The molecule has 14 atom stereocenters. The van der Waals surface area contributed by atoms with Gasteiger partial charge in [0, 0.05) is 51.9 Å². The SMILES string of the molecule is CC[C@H](C)[C@H](NC(=O)[C@H](Cc1ccc(O)cc1)NC(=O)[C@@H]1CCCN1C(=O)[C@H](CCCN=C(N)N)NC(=O)[C@H](CCCN=C(N)N)NC(=O)[C@@H]1CCCN1C(=O)[C@H](CCCCN)NC(=O)C(CC(N)=O)NC(=O)[C@H](CCC(=O)O)NC(=O)[C@H](Cc1ccc(O)cc1)NC(=O)[C@H](CC(C)C)NC(=O)[C@@H]1CCC(=O)N1)C(=O)N[C@@H](CC(C)C)C(=O)O. The van der Waals surface area contributed by atoms with Gasteiger partial charge in [-0.2, -0.15) is 0 Å². The minimum Gasteiger partial charge on any atom is -0.508 e. The maximum atomic E-state index is 15.1. The molecule has 0 radical (unpaired) electrons. The highest BCUT2D eigenvalue weighted by Gasteiger charge is 2.44. The summed E-state index contributed by atoms with van der Waals surface area (Å²) in [6, 6.07) is -7.40. The third-order valence-electron chi connectivity index (χ3n) is 20.5. The number of carbonyl (C=O) groups is 16. The monoisotopic (exact) mass is 1670 g/mol. The van der Waals surface area contributed by atoms with Crippen LogP contribution in [0.2, 0.25) is 0 Å². The van der Waals surface area contributed by atoms with Crippen LogP contribution >= 0.6 is 0 Å². The Morgan fingerprint density at radius 1 is 0.479 bits per heavy atom. The van der Waals surface area contributed by atoms with Crippen LogP contribution in [0.25, 0.3) is 0 Å². The summed E-state index contributed by atoms with van der Waals surface area (Å²) in [5, 5.41) is 68.7. The number of nitrogens with one attached hydrogen (secondary N) is 11. The van der Waals surface area contributed by atoms with Crippen LogP contribution in [-0.2, 0) is 89.6 Å². The number of aliphatic imine (C=N–C) groups is 2. The van der Waals surface area contributed by atoms with Crippen LogP contribution < -0.4 is 92.9 Å². The lowest BCUT2D eigenvalue weighted by molar-refractivity contribution is -0.144. The fourth-order valence-corrected chi connectivity index (χ4v) is 14.0. The third-order valence-corrected chi connectivity index (χ3v) is 20.5. The van der Waals surface area contributed by atoms with Gasteiger partial charge in [0.05, 0.1) is 6.42 Å². The van der Waals surface area contributed by atoms with Gasteiger partial charge in [0.1, 0.15) is 90.0 Å². The van der Waals surface area contributed by atoms with E-state index < -0.39 is 192 Å². The van der Waals surface area contributed by atoms with Crippen LogP contribution in [0.1, 0.15) is 175 Å². The number of hydrogen-bond donors (Lipinski definition) is 21. The molecule has 41 heteroatoms. The molecule has 0 aliphatic carbocycles. The molecule has 0 saturated carbocycles. The molecule has 2 aromatic carbocycles. The summed E-state index contributed by atoms with van der Waals surface area (Å²) in [6.45, 7) is 10.5. The van der Waals surface area contributed by atoms with Crippen molar-refractivity contribution in [2.24, 2.45) is 62.1 Å². The van der Waals surface area contributed by atoms with Crippen molar-refractivity contribution in [3.63, 3.8) is 0 Å². The predicted molar refractivity (Wildman–Crippen MR) is 433 cm³/mol. The Bertz CT molecular complexity index is 3910. The molecule has 41 nitrogen and oxygen atoms in total. The lowest BCUT2D eigenvalue weighted by atomic mass is 9.96. The molecule has 119 heavy (non-hydrogen) atoms. The molecule has 27 N–H and O–H groups in total. The first-order chi connectivity index (χ1) is 56.3. The molecular weight excluding hydrogens is 1550 g/mol. The van der Waals surface area contributed by atoms with E-state index in [1.54, 1.807) is 41.5 Å². The summed E-state index contributed by atoms with van der Waals surface area (Å²) in [6.07, 6.45) is -1.46. The summed E-state index contributed by atoms with van der Waals surface area (Å²) in [5.74, 6) is -16.7. The highest BCUT2D eigenvalue weighted by atomic mass is 16.4. The zero-order valence-electron chi connectivity index (χ0n) is 68.3. The number of primary amides is 1. The second kappa shape index (κ2) is 48.7. The van der Waals surface area contributed by atoms with Crippen molar-refractivity contribution in [1.29, 1.82) is 0 Å². The van der Waals surface area contributed by atoms with Gasteiger partial charge in [0.25, 0.3) is 0 Å². The predicted octanol–water partition coefficient (Wildman–Crippen LogP) is -3.81. The number of guanidine groups is 2. The number of likely N-dealkylation sites (tertiary alicyclic amines) is 2. The lowest BCUT2D eigenvalue weighted by Crippen LogP contribution is -2.61. The van der Waals surface area contributed by atoms with Gasteiger partial charge < -0.3 is 123 Å². The Kier molecular flexibility index (Phi) is 39.9. The number of nitrogens with two attached hydrogens (primary N) is 6. The molecule has 0 bridgehead atoms. The van der Waals surface area contributed by atoms with E-state index in [-0.39, 0.29) is 177 Å². The average Bonchev–Trinajstić information content (AvgIpc) is 1.76. The summed E-state index contributed by atoms with van der Waals surface area (Å²) < 4.78 is 0. The third kappa shape index (κ3) is 32.8. The Morgan fingerprint density at radius 2 is 0.882 bits per heavy atom. The van der Waals surface area contributed by atoms with E-state index in [2.05, 4.69) is 68.5 Å². The molecule has 0 spiro atoms. The van der Waals surface area contributed by atoms with E-state index in [1.165, 1.54) is 53.4 Å². The minimum absolute atomic E-state index is 0.00423. The summed E-state index contributed by atoms with van der Waals surface area (Å²) in [5.41, 5.74) is 34.9. The Balaban J connectivity index is 1.41. The van der Waals surface area contributed by atoms with E-state index in [9.17, 15) is 87.5 Å². The largest absolute Gasteiger partial charge is 0.508 e. The van der Waals surface area contributed by atoms with Gasteiger partial charge in [0.2, 0.25) is 82.7 Å². The van der Waals surface area contributed by atoms with E-state index in [4.69, 9.17) is 34.4 Å². The molecule has 0 aromatic heterocycles. The number of aliphatic carboxylic acids is 2. The maximum Gasteiger partial charge on any atom is 0.326 e. The number of carboxylic acid groups (broad SMARTS) is 2. The van der Waals surface area contributed by atoms with Gasteiger partial charge in [-0.3, -0.25) is 81.9 Å². The van der Waals surface area contributed by atoms with Crippen LogP contribution in [0.4, 0.5) is 0 Å². The highest BCUT2D eigenvalue weighted by Crippen LogP contribution is 2.25. The van der Waals surface area contributed by atoms with Crippen LogP contribution in [0, 0.1) is 17.8 Å². The first-order valence-corrected chi connectivity index (χ1v) is 40.3. The van der Waals surface area contributed by atoms with Crippen LogP contribution in [0.3, 0.4) is 0 Å². The number of benzene rings is 2. The van der Waals surface area contributed by atoms with Gasteiger partial charge in [-0.15, -0.1) is 0 Å². The number of phenolic OH excluding ortho intramolecular Hbond substituents is 2. The Morgan fingerprint density at radius 3 is 1.34 bits per heavy atom. The number of unbranched alkanes of at least 4 members (excludes halogenated alkanes) is 1. The molecule has 658 valence electrons. The van der Waals surface area contributed by atoms with Crippen LogP contribution in [-0.4, -0.2) is 248 Å². The Labute approximate surface area is 690 Å². The molecule has 5 rings (SSSR count). The molecule has 2 aromatic rings. The summed E-state index contributed by atoms with van der Waals surface area (Å²) in [7, 11) is 0. The molecule has 3 aliphatic heterocycles. The van der Waals surface area contributed by atoms with Crippen molar-refractivity contribution in [1.82, 2.24) is 68.3 Å². The van der Waals surface area contributed by atoms with Gasteiger partial charge in [-0.25, -0.2) is 4.79 Å². The lowest BCUT2D eigenvalue weighted by Gasteiger charge is -2.32. The number of aromatic hydroxyl groups is 2. The van der Waals surface area contributed by atoms with Crippen molar-refractivity contribution < 1.29 is 97.1 Å². The molecule has 3 fully saturated rings. The van der Waals surface area contributed by atoms with Gasteiger partial charge in [-0.1, -0.05) is 72.2 Å². The second-order valence-electron chi connectivity index (χ2n) is 31.1. The fraction of sp³-hybridized carbons (Fsp3) is 0.615. The number of hydrogen-bond acceptors (Lipinski definition) is 21. The highest BCUT2D eigenvalue weighted by molar-refractivity contribution is 6.01. The van der Waals surface area contributed by atoms with E-state index >= 15 is 9.59 Å².